The predicted octanol–water partition coefficient (Wildman–Crippen LogP) is 3.25. The molecule has 0 saturated heterocycles. The molecule has 1 aromatic heterocycles. The quantitative estimate of drug-likeness (QED) is 0.196. The third-order valence-electron chi connectivity index (χ3n) is 5.81. The molecule has 0 spiro atoms. The van der Waals surface area contributed by atoms with Crippen LogP contribution in [0.1, 0.15) is 38.3 Å². The Hall–Kier alpha value is -3.77. The summed E-state index contributed by atoms with van der Waals surface area (Å²) in [5.41, 5.74) is 0.498. The maximum Gasteiger partial charge on any atom is 0.294 e. The van der Waals surface area contributed by atoms with E-state index in [1.165, 1.54) is 53.9 Å². The molecule has 1 aliphatic rings. The molecule has 212 valence electrons. The Morgan fingerprint density at radius 3 is 2.88 bits per heavy atom. The number of benzene rings is 1. The number of carbonyl (C=O) groups excluding carboxylic acids is 2. The summed E-state index contributed by atoms with van der Waals surface area (Å²) in [5, 5.41) is 24.5. The van der Waals surface area contributed by atoms with Crippen LogP contribution in [0, 0.1) is 5.41 Å². The van der Waals surface area contributed by atoms with Crippen molar-refractivity contribution in [2.24, 2.45) is 4.99 Å². The largest absolute Gasteiger partial charge is 0.858 e. The first kappa shape index (κ1) is 30.8. The molecule has 2 unspecified atom stereocenters. The number of alkyl halides is 1. The number of hydrogen-bond acceptors (Lipinski definition) is 8. The molecule has 0 saturated carbocycles. The molecule has 1 aromatic carbocycles. The van der Waals surface area contributed by atoms with Gasteiger partial charge in [0.15, 0.2) is 11.6 Å². The van der Waals surface area contributed by atoms with Gasteiger partial charge >= 0.3 is 0 Å². The highest BCUT2D eigenvalue weighted by molar-refractivity contribution is 8.00. The molecule has 1 heterocycles. The molecule has 0 fully saturated rings. The van der Waals surface area contributed by atoms with E-state index in [2.05, 4.69) is 20.6 Å². The summed E-state index contributed by atoms with van der Waals surface area (Å²) < 4.78 is 15.2. The predicted molar refractivity (Wildman–Crippen MR) is 154 cm³/mol. The van der Waals surface area contributed by atoms with E-state index >= 15 is 0 Å². The van der Waals surface area contributed by atoms with Gasteiger partial charge in [-0.3, -0.25) is 24.4 Å². The van der Waals surface area contributed by atoms with Crippen LogP contribution in [-0.2, 0) is 9.59 Å². The lowest BCUT2D eigenvalue weighted by molar-refractivity contribution is -0.212. The first-order valence-electron chi connectivity index (χ1n) is 12.4. The Morgan fingerprint density at radius 1 is 1.40 bits per heavy atom. The number of Topliss-reactive ketones (excluding diaryl/α,β-unsaturated/α-hetero) is 1. The summed E-state index contributed by atoms with van der Waals surface area (Å²) in [6, 6.07) is 5.33. The van der Waals surface area contributed by atoms with Crippen LogP contribution in [0.2, 0.25) is 0 Å². The van der Waals surface area contributed by atoms with Gasteiger partial charge < -0.3 is 15.7 Å². The highest BCUT2D eigenvalue weighted by Gasteiger charge is 2.22. The van der Waals surface area contributed by atoms with Crippen LogP contribution in [0.3, 0.4) is 0 Å². The van der Waals surface area contributed by atoms with Crippen LogP contribution in [0.15, 0.2) is 70.0 Å². The van der Waals surface area contributed by atoms with Crippen molar-refractivity contribution in [3.63, 3.8) is 0 Å². The number of aromatic nitrogens is 2. The second-order valence-corrected chi connectivity index (χ2v) is 10.4. The molecule has 40 heavy (non-hydrogen) atoms. The fraction of sp³-hybridized carbons (Fsp3) is 0.333. The number of nitrogens with zero attached hydrogens (tertiary/aromatic N) is 3. The lowest BCUT2D eigenvalue weighted by Gasteiger charge is -2.19. The minimum atomic E-state index is -0.899. The molecule has 0 aliphatic heterocycles. The number of amidine groups is 1. The fourth-order valence-electron chi connectivity index (χ4n) is 3.83. The standard InChI is InChI=1S/C27H30ClFN6O4S/c1-3-23(26(38)32-13-19(36)14-40-15-20-21(28)8-5-9-22(20)29)35-11-10-31-24(27(35)39)34-18-7-4-6-17(12-18)25(37)33-16(2)30/h4-7,9-12,21,23H,3,8,13-15H2,1-2H3,(H,31,34)(H,32,38)(H2,30,33,37)/p-1. The van der Waals surface area contributed by atoms with Gasteiger partial charge in [-0.1, -0.05) is 25.1 Å². The number of anilines is 2. The van der Waals surface area contributed by atoms with Crippen molar-refractivity contribution in [1.82, 2.24) is 14.9 Å². The number of ketones is 1. The minimum Gasteiger partial charge on any atom is -0.858 e. The van der Waals surface area contributed by atoms with Crippen molar-refractivity contribution >= 4 is 58.3 Å². The van der Waals surface area contributed by atoms with Crippen LogP contribution < -0.4 is 21.3 Å². The Kier molecular flexibility index (Phi) is 11.2. The summed E-state index contributed by atoms with van der Waals surface area (Å²) in [6.07, 6.45) is 6.59. The molecule has 3 N–H and O–H groups in total. The molecule has 2 aromatic rings. The first-order valence-corrected chi connectivity index (χ1v) is 14.0. The fourth-order valence-corrected chi connectivity index (χ4v) is 5.19. The lowest BCUT2D eigenvalue weighted by atomic mass is 10.1. The van der Waals surface area contributed by atoms with E-state index in [1.807, 2.05) is 0 Å². The second-order valence-electron chi connectivity index (χ2n) is 8.85. The monoisotopic (exact) mass is 587 g/mol. The molecular formula is C27H29ClFN6O4S-. The Balaban J connectivity index is 1.62. The van der Waals surface area contributed by atoms with E-state index in [1.54, 1.807) is 25.1 Å². The van der Waals surface area contributed by atoms with Gasteiger partial charge in [-0.2, -0.15) is 0 Å². The van der Waals surface area contributed by atoms with Crippen molar-refractivity contribution in [3.05, 3.63) is 76.1 Å². The summed E-state index contributed by atoms with van der Waals surface area (Å²) >= 11 is 7.37. The normalized spacial score (nSPS) is 16.0. The average Bonchev–Trinajstić information content (AvgIpc) is 2.91. The van der Waals surface area contributed by atoms with Crippen molar-refractivity contribution < 1.29 is 19.1 Å². The smallest absolute Gasteiger partial charge is 0.294 e. The number of halogens is 2. The van der Waals surface area contributed by atoms with E-state index in [0.717, 1.165) is 0 Å². The molecule has 0 bridgehead atoms. The van der Waals surface area contributed by atoms with Gasteiger partial charge in [-0.15, -0.1) is 23.4 Å². The summed E-state index contributed by atoms with van der Waals surface area (Å²) in [7, 11) is 0. The minimum absolute atomic E-state index is 0.0670. The number of hydrogen-bond donors (Lipinski definition) is 3. The second kappa shape index (κ2) is 14.6. The Bertz CT molecular complexity index is 1420. The highest BCUT2D eigenvalue weighted by Crippen LogP contribution is 2.28. The first-order chi connectivity index (χ1) is 19.1. The van der Waals surface area contributed by atoms with Crippen LogP contribution in [0.25, 0.3) is 0 Å². The topological polar surface area (TPSA) is 152 Å². The molecule has 13 heteroatoms. The van der Waals surface area contributed by atoms with Gasteiger partial charge in [0.05, 0.1) is 17.7 Å². The summed E-state index contributed by atoms with van der Waals surface area (Å²) in [5.74, 6) is -1.59. The highest BCUT2D eigenvalue weighted by atomic mass is 35.5. The number of aliphatic imine (C=N–C) groups is 1. The van der Waals surface area contributed by atoms with E-state index in [4.69, 9.17) is 17.0 Å². The van der Waals surface area contributed by atoms with Gasteiger partial charge in [0, 0.05) is 23.8 Å². The number of carbonyl (C=O) groups is 2. The third-order valence-corrected chi connectivity index (χ3v) is 7.29. The molecule has 3 rings (SSSR count). The van der Waals surface area contributed by atoms with Gasteiger partial charge in [0.1, 0.15) is 17.7 Å². The number of thioether (sulfide) groups is 1. The van der Waals surface area contributed by atoms with E-state index in [0.29, 0.717) is 17.7 Å². The SMILES string of the molecule is CCC(C(=O)NCC(=O)CSCC1=C(F)C=CCC1Cl)n1ccnc(Nc2cccc(C([O-])=NC(C)=N)c2)c1=O. The number of rotatable bonds is 12. The van der Waals surface area contributed by atoms with Crippen molar-refractivity contribution in [1.29, 1.82) is 5.41 Å². The van der Waals surface area contributed by atoms with Crippen LogP contribution in [-0.4, -0.2) is 56.4 Å². The number of nitrogens with one attached hydrogen (secondary N) is 3. The third kappa shape index (κ3) is 8.36. The molecule has 1 amide bonds. The van der Waals surface area contributed by atoms with Crippen molar-refractivity contribution in [2.75, 3.05) is 23.4 Å². The lowest BCUT2D eigenvalue weighted by Crippen LogP contribution is -2.39. The molecule has 2 atom stereocenters. The van der Waals surface area contributed by atoms with Crippen molar-refractivity contribution in [3.8, 4) is 0 Å². The number of allylic oxidation sites excluding steroid dienone is 3. The molecule has 0 radical (unpaired) electrons. The van der Waals surface area contributed by atoms with Gasteiger partial charge in [0.25, 0.3) is 5.56 Å². The van der Waals surface area contributed by atoms with Gasteiger partial charge in [0.2, 0.25) is 5.91 Å². The van der Waals surface area contributed by atoms with Gasteiger partial charge in [-0.25, -0.2) is 14.4 Å². The van der Waals surface area contributed by atoms with Gasteiger partial charge in [-0.05, 0) is 55.0 Å². The Morgan fingerprint density at radius 2 is 2.17 bits per heavy atom. The molecular weight excluding hydrogens is 559 g/mol. The molecule has 10 nitrogen and oxygen atoms in total. The zero-order valence-electron chi connectivity index (χ0n) is 21.9. The Labute approximate surface area is 240 Å². The maximum absolute atomic E-state index is 13.9. The number of amides is 1. The van der Waals surface area contributed by atoms with E-state index in [9.17, 15) is 23.9 Å². The van der Waals surface area contributed by atoms with Crippen LogP contribution >= 0.6 is 23.4 Å². The zero-order valence-corrected chi connectivity index (χ0v) is 23.5. The maximum atomic E-state index is 13.9. The summed E-state index contributed by atoms with van der Waals surface area (Å²) in [6.45, 7) is 2.88. The molecule has 1 aliphatic carbocycles. The van der Waals surface area contributed by atoms with Crippen LogP contribution in [0.4, 0.5) is 15.9 Å². The van der Waals surface area contributed by atoms with E-state index < -0.39 is 28.8 Å². The van der Waals surface area contributed by atoms with Crippen molar-refractivity contribution in [2.45, 2.75) is 38.1 Å². The van der Waals surface area contributed by atoms with E-state index in [-0.39, 0.29) is 53.3 Å². The zero-order chi connectivity index (χ0) is 29.2. The average molecular weight is 588 g/mol. The summed E-state index contributed by atoms with van der Waals surface area (Å²) in [4.78, 5) is 46.0. The van der Waals surface area contributed by atoms with Crippen LogP contribution in [0.5, 0.6) is 0 Å².